The highest BCUT2D eigenvalue weighted by molar-refractivity contribution is 5.81. The summed E-state index contributed by atoms with van der Waals surface area (Å²) >= 11 is 0. The fourth-order valence-electron chi connectivity index (χ4n) is 4.69. The number of carbonyl (C=O) groups excluding carboxylic acids is 1. The molecule has 28 heavy (non-hydrogen) atoms. The van der Waals surface area contributed by atoms with E-state index in [1.54, 1.807) is 10.9 Å². The summed E-state index contributed by atoms with van der Waals surface area (Å²) in [5, 5.41) is 7.40. The Morgan fingerprint density at radius 3 is 2.75 bits per heavy atom. The summed E-state index contributed by atoms with van der Waals surface area (Å²) in [6.45, 7) is 8.00. The first-order chi connectivity index (χ1) is 13.4. The minimum Gasteiger partial charge on any atom is -0.355 e. The molecule has 8 nitrogen and oxygen atoms in total. The SMILES string of the molecule is Cc1cnc(Nc2cnn(C)c2)nc1N1C[C@@H]2CN(C(=O)C3CC3)C[C@]2(C)C1. The Balaban J connectivity index is 1.32. The molecule has 1 amide bonds. The molecule has 1 N–H and O–H groups in total. The molecule has 2 atom stereocenters. The third kappa shape index (κ3) is 3.00. The number of nitrogens with zero attached hydrogens (tertiary/aromatic N) is 6. The maximum atomic E-state index is 12.5. The molecule has 0 unspecified atom stereocenters. The normalized spacial score (nSPS) is 26.6. The Morgan fingerprint density at radius 2 is 2.07 bits per heavy atom. The van der Waals surface area contributed by atoms with Gasteiger partial charge in [0.1, 0.15) is 5.82 Å². The number of hydrogen-bond acceptors (Lipinski definition) is 6. The molecule has 3 fully saturated rings. The molecule has 0 aromatic carbocycles. The summed E-state index contributed by atoms with van der Waals surface area (Å²) in [6.07, 6.45) is 7.69. The van der Waals surface area contributed by atoms with Crippen LogP contribution in [0.25, 0.3) is 0 Å². The van der Waals surface area contributed by atoms with Crippen molar-refractivity contribution in [3.63, 3.8) is 0 Å². The molecule has 2 aromatic rings. The maximum absolute atomic E-state index is 12.5. The van der Waals surface area contributed by atoms with E-state index in [2.05, 4.69) is 39.0 Å². The Morgan fingerprint density at radius 1 is 1.25 bits per heavy atom. The van der Waals surface area contributed by atoms with Crippen molar-refractivity contribution in [1.29, 1.82) is 0 Å². The number of likely N-dealkylation sites (tertiary alicyclic amines) is 1. The Kier molecular flexibility index (Phi) is 3.86. The molecule has 1 saturated carbocycles. The fourth-order valence-corrected chi connectivity index (χ4v) is 4.69. The van der Waals surface area contributed by atoms with Gasteiger partial charge in [-0.25, -0.2) is 4.98 Å². The van der Waals surface area contributed by atoms with E-state index in [0.717, 1.165) is 56.1 Å². The van der Waals surface area contributed by atoms with E-state index in [-0.39, 0.29) is 5.41 Å². The van der Waals surface area contributed by atoms with Crippen LogP contribution in [0.2, 0.25) is 0 Å². The van der Waals surface area contributed by atoms with E-state index in [1.807, 2.05) is 19.4 Å². The van der Waals surface area contributed by atoms with Gasteiger partial charge in [0.15, 0.2) is 0 Å². The zero-order valence-electron chi connectivity index (χ0n) is 16.7. The van der Waals surface area contributed by atoms with Gasteiger partial charge in [0.05, 0.1) is 11.9 Å². The van der Waals surface area contributed by atoms with Gasteiger partial charge in [-0.1, -0.05) is 6.92 Å². The minimum atomic E-state index is 0.138. The van der Waals surface area contributed by atoms with Gasteiger partial charge in [-0.3, -0.25) is 9.48 Å². The number of hydrogen-bond donors (Lipinski definition) is 1. The van der Waals surface area contributed by atoms with E-state index in [1.165, 1.54) is 0 Å². The Bertz CT molecular complexity index is 921. The van der Waals surface area contributed by atoms with Crippen molar-refractivity contribution in [3.8, 4) is 0 Å². The molecule has 2 aromatic heterocycles. The number of rotatable bonds is 4. The van der Waals surface area contributed by atoms with Crippen LogP contribution < -0.4 is 10.2 Å². The van der Waals surface area contributed by atoms with Crippen LogP contribution in [0.5, 0.6) is 0 Å². The number of amides is 1. The van der Waals surface area contributed by atoms with Gasteiger partial charge in [0.25, 0.3) is 0 Å². The van der Waals surface area contributed by atoms with Crippen LogP contribution in [-0.2, 0) is 11.8 Å². The lowest BCUT2D eigenvalue weighted by molar-refractivity contribution is -0.131. The van der Waals surface area contributed by atoms with Crippen molar-refractivity contribution < 1.29 is 4.79 Å². The van der Waals surface area contributed by atoms with Crippen molar-refractivity contribution in [2.45, 2.75) is 26.7 Å². The van der Waals surface area contributed by atoms with Crippen LogP contribution in [0.3, 0.4) is 0 Å². The summed E-state index contributed by atoms with van der Waals surface area (Å²) in [6, 6.07) is 0. The average molecular weight is 381 g/mol. The standard InChI is InChI=1S/C20H27N7O/c1-13-6-21-19(23-16-7-22-25(3)10-16)24-17(13)26-8-15-9-27(12-20(15,2)11-26)18(28)14-4-5-14/h6-7,10,14-15H,4-5,8-9,11-12H2,1-3H3,(H,21,23,24)/t15-,20+/m1/s1. The number of nitrogens with one attached hydrogen (secondary N) is 1. The van der Waals surface area contributed by atoms with Crippen molar-refractivity contribution in [1.82, 2.24) is 24.6 Å². The first-order valence-electron chi connectivity index (χ1n) is 10.0. The number of carbonyl (C=O) groups is 1. The first-order valence-corrected chi connectivity index (χ1v) is 10.0. The summed E-state index contributed by atoms with van der Waals surface area (Å²) in [4.78, 5) is 26.2. The summed E-state index contributed by atoms with van der Waals surface area (Å²) < 4.78 is 1.74. The third-order valence-corrected chi connectivity index (χ3v) is 6.42. The van der Waals surface area contributed by atoms with Crippen molar-refractivity contribution in [2.75, 3.05) is 36.4 Å². The van der Waals surface area contributed by atoms with Crippen molar-refractivity contribution in [3.05, 3.63) is 24.2 Å². The van der Waals surface area contributed by atoms with E-state index in [9.17, 15) is 4.79 Å². The lowest BCUT2D eigenvalue weighted by atomic mass is 9.83. The zero-order valence-corrected chi connectivity index (χ0v) is 16.7. The lowest BCUT2D eigenvalue weighted by Gasteiger charge is -2.27. The minimum absolute atomic E-state index is 0.138. The third-order valence-electron chi connectivity index (χ3n) is 6.42. The smallest absolute Gasteiger partial charge is 0.229 e. The molecule has 1 aliphatic carbocycles. The van der Waals surface area contributed by atoms with Gasteiger partial charge in [-0.15, -0.1) is 0 Å². The van der Waals surface area contributed by atoms with Crippen LogP contribution in [-0.4, -0.2) is 56.7 Å². The topological polar surface area (TPSA) is 79.2 Å². The molecule has 2 saturated heterocycles. The highest BCUT2D eigenvalue weighted by Gasteiger charge is 2.52. The second-order valence-corrected chi connectivity index (χ2v) is 8.95. The molecule has 0 spiro atoms. The van der Waals surface area contributed by atoms with Gasteiger partial charge >= 0.3 is 0 Å². The predicted octanol–water partition coefficient (Wildman–Crippen LogP) is 1.96. The number of anilines is 3. The molecule has 0 bridgehead atoms. The van der Waals surface area contributed by atoms with Crippen molar-refractivity contribution >= 4 is 23.4 Å². The molecule has 148 valence electrons. The first kappa shape index (κ1) is 17.5. The van der Waals surface area contributed by atoms with Gasteiger partial charge in [0, 0.05) is 68.4 Å². The maximum Gasteiger partial charge on any atom is 0.229 e. The van der Waals surface area contributed by atoms with Crippen LogP contribution in [0.1, 0.15) is 25.3 Å². The van der Waals surface area contributed by atoms with E-state index < -0.39 is 0 Å². The molecular weight excluding hydrogens is 354 g/mol. The largest absolute Gasteiger partial charge is 0.355 e. The van der Waals surface area contributed by atoms with Gasteiger partial charge < -0.3 is 15.1 Å². The monoisotopic (exact) mass is 381 g/mol. The molecule has 2 aliphatic heterocycles. The van der Waals surface area contributed by atoms with Crippen LogP contribution >= 0.6 is 0 Å². The van der Waals surface area contributed by atoms with Gasteiger partial charge in [-0.2, -0.15) is 10.1 Å². The molecular formula is C20H27N7O. The second kappa shape index (κ2) is 6.18. The number of aromatic nitrogens is 4. The molecule has 4 heterocycles. The van der Waals surface area contributed by atoms with Crippen LogP contribution in [0.4, 0.5) is 17.5 Å². The summed E-state index contributed by atoms with van der Waals surface area (Å²) in [5.41, 5.74) is 2.09. The predicted molar refractivity (Wildman–Crippen MR) is 106 cm³/mol. The average Bonchev–Trinajstić information content (AvgIpc) is 3.24. The molecule has 3 aliphatic rings. The summed E-state index contributed by atoms with van der Waals surface area (Å²) in [7, 11) is 1.88. The van der Waals surface area contributed by atoms with E-state index in [0.29, 0.717) is 23.7 Å². The van der Waals surface area contributed by atoms with Crippen LogP contribution in [0.15, 0.2) is 18.6 Å². The summed E-state index contributed by atoms with van der Waals surface area (Å²) in [5.74, 6) is 2.75. The van der Waals surface area contributed by atoms with E-state index >= 15 is 0 Å². The fraction of sp³-hybridized carbons (Fsp3) is 0.600. The lowest BCUT2D eigenvalue weighted by Crippen LogP contribution is -2.36. The van der Waals surface area contributed by atoms with Crippen molar-refractivity contribution in [2.24, 2.45) is 24.3 Å². The molecule has 0 radical (unpaired) electrons. The quantitative estimate of drug-likeness (QED) is 0.872. The zero-order chi connectivity index (χ0) is 19.5. The highest BCUT2D eigenvalue weighted by Crippen LogP contribution is 2.45. The Hall–Kier alpha value is -2.64. The van der Waals surface area contributed by atoms with Gasteiger partial charge in [0.2, 0.25) is 11.9 Å². The highest BCUT2D eigenvalue weighted by atomic mass is 16.2. The number of fused-ring (bicyclic) bond motifs is 1. The van der Waals surface area contributed by atoms with E-state index in [4.69, 9.17) is 4.98 Å². The Labute approximate surface area is 164 Å². The molecule has 8 heteroatoms. The van der Waals surface area contributed by atoms with Gasteiger partial charge in [-0.05, 0) is 19.8 Å². The second-order valence-electron chi connectivity index (χ2n) is 8.95. The number of aryl methyl sites for hydroxylation is 2. The van der Waals surface area contributed by atoms with Crippen LogP contribution in [0, 0.1) is 24.2 Å². The molecule has 5 rings (SSSR count).